The standard InChI is InChI=1S/C25H26FN7O2S/c1-32-10-15-7-18(8-16-13-35-14-17(11-32)23(15)16)28-25-27-9-19-20(26)12-33(24(19)30-25)22-6-4-5-21(29-22)31-36(2,3)34/h4-9,12,17H,10-11,13-14H2,1-3H3,(H,27,28,30). The van der Waals surface area contributed by atoms with Crippen LogP contribution < -0.4 is 5.32 Å². The van der Waals surface area contributed by atoms with Crippen molar-refractivity contribution in [1.82, 2.24) is 24.4 Å². The zero-order chi connectivity index (χ0) is 25.0. The van der Waals surface area contributed by atoms with Gasteiger partial charge in [0.2, 0.25) is 5.95 Å². The van der Waals surface area contributed by atoms with Gasteiger partial charge in [0.25, 0.3) is 0 Å². The van der Waals surface area contributed by atoms with Crippen LogP contribution in [0.1, 0.15) is 22.6 Å². The molecule has 0 fully saturated rings. The zero-order valence-corrected chi connectivity index (χ0v) is 21.0. The normalized spacial score (nSPS) is 17.7. The van der Waals surface area contributed by atoms with Crippen molar-refractivity contribution in [3.63, 3.8) is 0 Å². The molecule has 0 saturated carbocycles. The summed E-state index contributed by atoms with van der Waals surface area (Å²) in [6.07, 6.45) is 5.86. The summed E-state index contributed by atoms with van der Waals surface area (Å²) >= 11 is 0. The Bertz CT molecular complexity index is 1620. The predicted molar refractivity (Wildman–Crippen MR) is 137 cm³/mol. The Kier molecular flexibility index (Phi) is 5.51. The summed E-state index contributed by atoms with van der Waals surface area (Å²) < 4.78 is 38.4. The summed E-state index contributed by atoms with van der Waals surface area (Å²) in [4.78, 5) is 15.7. The third-order valence-corrected chi connectivity index (χ3v) is 6.97. The molecule has 5 heterocycles. The number of nitrogens with one attached hydrogen (secondary N) is 1. The highest BCUT2D eigenvalue weighted by Gasteiger charge is 2.29. The number of rotatable bonds is 4. The minimum Gasteiger partial charge on any atom is -0.376 e. The molecule has 4 aromatic rings. The average molecular weight is 508 g/mol. The van der Waals surface area contributed by atoms with Gasteiger partial charge in [-0.25, -0.2) is 18.6 Å². The second kappa shape index (κ2) is 8.61. The number of hydrogen-bond acceptors (Lipinski definition) is 8. The molecule has 1 unspecified atom stereocenters. The van der Waals surface area contributed by atoms with Crippen LogP contribution in [0.4, 0.5) is 21.8 Å². The highest BCUT2D eigenvalue weighted by Crippen LogP contribution is 2.37. The lowest BCUT2D eigenvalue weighted by Crippen LogP contribution is -2.35. The second-order valence-corrected chi connectivity index (χ2v) is 12.2. The Labute approximate surface area is 208 Å². The van der Waals surface area contributed by atoms with Gasteiger partial charge in [-0.2, -0.15) is 9.35 Å². The van der Waals surface area contributed by atoms with Crippen LogP contribution in [-0.2, 0) is 27.6 Å². The van der Waals surface area contributed by atoms with Gasteiger partial charge >= 0.3 is 0 Å². The quantitative estimate of drug-likeness (QED) is 0.444. The van der Waals surface area contributed by atoms with Gasteiger partial charge in [-0.1, -0.05) is 6.07 Å². The third kappa shape index (κ3) is 4.34. The van der Waals surface area contributed by atoms with Crippen molar-refractivity contribution in [2.75, 3.05) is 38.0 Å². The van der Waals surface area contributed by atoms with Gasteiger partial charge < -0.3 is 15.0 Å². The molecule has 11 heteroatoms. The smallest absolute Gasteiger partial charge is 0.229 e. The van der Waals surface area contributed by atoms with Crippen LogP contribution in [0.3, 0.4) is 0 Å². The van der Waals surface area contributed by atoms with E-state index in [1.165, 1.54) is 41.6 Å². The zero-order valence-electron chi connectivity index (χ0n) is 20.2. The van der Waals surface area contributed by atoms with E-state index in [1.54, 1.807) is 22.8 Å². The molecule has 3 aromatic heterocycles. The molecule has 0 amide bonds. The van der Waals surface area contributed by atoms with Crippen molar-refractivity contribution in [3.05, 3.63) is 65.2 Å². The van der Waals surface area contributed by atoms with E-state index in [2.05, 4.69) is 48.7 Å². The maximum absolute atomic E-state index is 14.8. The molecule has 0 radical (unpaired) electrons. The number of halogens is 1. The van der Waals surface area contributed by atoms with Crippen molar-refractivity contribution >= 4 is 38.2 Å². The molecule has 1 N–H and O–H groups in total. The Morgan fingerprint density at radius 3 is 2.89 bits per heavy atom. The van der Waals surface area contributed by atoms with Gasteiger partial charge in [-0.05, 0) is 48.0 Å². The van der Waals surface area contributed by atoms with E-state index in [4.69, 9.17) is 4.74 Å². The van der Waals surface area contributed by atoms with Crippen molar-refractivity contribution in [1.29, 1.82) is 0 Å². The minimum absolute atomic E-state index is 0.276. The van der Waals surface area contributed by atoms with Crippen molar-refractivity contribution in [3.8, 4) is 5.82 Å². The number of fused-ring (bicyclic) bond motifs is 1. The number of aromatic nitrogens is 4. The Hall–Kier alpha value is -3.41. The fourth-order valence-corrected chi connectivity index (χ4v) is 5.60. The van der Waals surface area contributed by atoms with Crippen molar-refractivity contribution < 1.29 is 13.3 Å². The monoisotopic (exact) mass is 507 g/mol. The molecular formula is C25H26FN7O2S. The van der Waals surface area contributed by atoms with E-state index in [1.807, 2.05) is 0 Å². The SMILES string of the molecule is CN1Cc2cc(Nc3ncc4c(F)cn(-c5cccc(N=S(C)(C)=O)n5)c4n3)cc3c2C(COC3)C1. The molecule has 186 valence electrons. The molecule has 9 nitrogen and oxygen atoms in total. The van der Waals surface area contributed by atoms with Crippen molar-refractivity contribution in [2.24, 2.45) is 4.36 Å². The van der Waals surface area contributed by atoms with Crippen molar-refractivity contribution in [2.45, 2.75) is 19.1 Å². The number of anilines is 2. The molecule has 0 bridgehead atoms. The first-order chi connectivity index (χ1) is 17.2. The van der Waals surface area contributed by atoms with Gasteiger partial charge in [0.05, 0.1) is 18.6 Å². The number of likely N-dealkylation sites (N-methyl/N-ethyl adjacent to an activating group) is 1. The lowest BCUT2D eigenvalue weighted by atomic mass is 9.85. The minimum atomic E-state index is -2.39. The number of ether oxygens (including phenoxy) is 1. The summed E-state index contributed by atoms with van der Waals surface area (Å²) in [6.45, 7) is 3.19. The summed E-state index contributed by atoms with van der Waals surface area (Å²) in [5, 5.41) is 3.57. The molecule has 2 aliphatic rings. The Morgan fingerprint density at radius 1 is 1.22 bits per heavy atom. The van der Waals surface area contributed by atoms with Crippen LogP contribution >= 0.6 is 0 Å². The summed E-state index contributed by atoms with van der Waals surface area (Å²) in [5.74, 6) is 1.00. The number of pyridine rings is 1. The summed E-state index contributed by atoms with van der Waals surface area (Å²) in [7, 11) is -0.271. The maximum Gasteiger partial charge on any atom is 0.229 e. The van der Waals surface area contributed by atoms with Crippen LogP contribution in [0.5, 0.6) is 0 Å². The third-order valence-electron chi connectivity index (χ3n) is 6.34. The van der Waals surface area contributed by atoms with Gasteiger partial charge in [0.15, 0.2) is 17.3 Å². The molecular weight excluding hydrogens is 481 g/mol. The van der Waals surface area contributed by atoms with Gasteiger partial charge in [0, 0.05) is 59.3 Å². The largest absolute Gasteiger partial charge is 0.376 e. The summed E-state index contributed by atoms with van der Waals surface area (Å²) in [5.41, 5.74) is 5.09. The first-order valence-electron chi connectivity index (χ1n) is 11.6. The lowest BCUT2D eigenvalue weighted by molar-refractivity contribution is 0.0742. The molecule has 36 heavy (non-hydrogen) atoms. The molecule has 2 aliphatic heterocycles. The molecule has 0 spiro atoms. The van der Waals surface area contributed by atoms with Gasteiger partial charge in [0.1, 0.15) is 5.82 Å². The molecule has 6 rings (SSSR count). The van der Waals surface area contributed by atoms with E-state index in [-0.39, 0.29) is 5.39 Å². The highest BCUT2D eigenvalue weighted by molar-refractivity contribution is 7.92. The Balaban J connectivity index is 1.39. The number of nitrogens with zero attached hydrogens (tertiary/aromatic N) is 6. The molecule has 1 aromatic carbocycles. The fraction of sp³-hybridized carbons (Fsp3) is 0.320. The van der Waals surface area contributed by atoms with Crippen LogP contribution in [0.25, 0.3) is 16.9 Å². The van der Waals surface area contributed by atoms with Crippen LogP contribution in [0.15, 0.2) is 47.1 Å². The molecule has 0 saturated heterocycles. The van der Waals surface area contributed by atoms with Crippen LogP contribution in [0, 0.1) is 5.82 Å². The average Bonchev–Trinajstić information content (AvgIpc) is 3.14. The maximum atomic E-state index is 14.8. The van der Waals surface area contributed by atoms with Crippen LogP contribution in [0.2, 0.25) is 0 Å². The number of benzene rings is 1. The van der Waals surface area contributed by atoms with Crippen LogP contribution in [-0.4, -0.2) is 61.3 Å². The van der Waals surface area contributed by atoms with E-state index in [0.29, 0.717) is 35.8 Å². The fourth-order valence-electron chi connectivity index (χ4n) is 5.05. The second-order valence-electron chi connectivity index (χ2n) is 9.65. The first kappa shape index (κ1) is 23.0. The number of hydrogen-bond donors (Lipinski definition) is 1. The topological polar surface area (TPSA) is 97.5 Å². The lowest BCUT2D eigenvalue weighted by Gasteiger charge is -2.37. The molecule has 1 atom stereocenters. The summed E-state index contributed by atoms with van der Waals surface area (Å²) in [6, 6.07) is 9.35. The van der Waals surface area contributed by atoms with Gasteiger partial charge in [-0.15, -0.1) is 0 Å². The Morgan fingerprint density at radius 2 is 2.06 bits per heavy atom. The molecule has 0 aliphatic carbocycles. The first-order valence-corrected chi connectivity index (χ1v) is 13.9. The van der Waals surface area contributed by atoms with E-state index < -0.39 is 15.5 Å². The van der Waals surface area contributed by atoms with E-state index >= 15 is 0 Å². The van der Waals surface area contributed by atoms with E-state index in [9.17, 15) is 8.60 Å². The van der Waals surface area contributed by atoms with E-state index in [0.717, 1.165) is 25.4 Å². The van der Waals surface area contributed by atoms with Gasteiger partial charge in [-0.3, -0.25) is 4.57 Å². The highest BCUT2D eigenvalue weighted by atomic mass is 32.2. The predicted octanol–water partition coefficient (Wildman–Crippen LogP) is 4.12.